The van der Waals surface area contributed by atoms with Gasteiger partial charge in [-0.05, 0) is 42.0 Å². The van der Waals surface area contributed by atoms with E-state index in [0.29, 0.717) is 5.75 Å². The van der Waals surface area contributed by atoms with Crippen LogP contribution in [0.4, 0.5) is 20.2 Å². The number of nitrogens with zero attached hydrogens (tertiary/aromatic N) is 2. The number of para-hydroxylation sites is 2. The van der Waals surface area contributed by atoms with E-state index in [1.165, 1.54) is 41.3 Å². The van der Waals surface area contributed by atoms with Gasteiger partial charge in [-0.15, -0.1) is 0 Å². The summed E-state index contributed by atoms with van der Waals surface area (Å²) in [7, 11) is 1.56. The van der Waals surface area contributed by atoms with Gasteiger partial charge in [0.15, 0.2) is 5.17 Å². The summed E-state index contributed by atoms with van der Waals surface area (Å²) in [6.45, 7) is 0.185. The Hall–Kier alpha value is -3.72. The standard InChI is InChI=1S/C25H21F2N3O3S/c1-33-17-12-10-16(11-13-17)15-30-23(31)14-22(24(32)28-20-8-4-2-6-18(20)26)34-25(30)29-21-9-5-3-7-19(21)27/h2-13,22H,14-15H2,1H3,(H,28,32). The van der Waals surface area contributed by atoms with Gasteiger partial charge in [-0.1, -0.05) is 48.2 Å². The molecule has 1 unspecified atom stereocenters. The highest BCUT2D eigenvalue weighted by atomic mass is 32.2. The lowest BCUT2D eigenvalue weighted by Crippen LogP contribution is -2.44. The van der Waals surface area contributed by atoms with Crippen molar-refractivity contribution in [2.75, 3.05) is 12.4 Å². The van der Waals surface area contributed by atoms with Crippen LogP contribution in [0.1, 0.15) is 12.0 Å². The molecule has 174 valence electrons. The molecule has 0 bridgehead atoms. The average molecular weight is 482 g/mol. The quantitative estimate of drug-likeness (QED) is 0.530. The maximum absolute atomic E-state index is 14.3. The molecule has 3 aromatic rings. The fraction of sp³-hybridized carbons (Fsp3) is 0.160. The van der Waals surface area contributed by atoms with Gasteiger partial charge in [-0.3, -0.25) is 14.5 Å². The van der Waals surface area contributed by atoms with E-state index in [1.807, 2.05) is 12.1 Å². The largest absolute Gasteiger partial charge is 0.497 e. The molecule has 0 radical (unpaired) electrons. The minimum Gasteiger partial charge on any atom is -0.497 e. The summed E-state index contributed by atoms with van der Waals surface area (Å²) in [5, 5.41) is 1.85. The minimum absolute atomic E-state index is 0.0220. The topological polar surface area (TPSA) is 71.0 Å². The number of halogens is 2. The fourth-order valence-corrected chi connectivity index (χ4v) is 4.42. The van der Waals surface area contributed by atoms with E-state index >= 15 is 0 Å². The van der Waals surface area contributed by atoms with Crippen molar-refractivity contribution in [2.45, 2.75) is 18.2 Å². The molecule has 1 aliphatic heterocycles. The van der Waals surface area contributed by atoms with E-state index in [2.05, 4.69) is 10.3 Å². The van der Waals surface area contributed by atoms with Crippen LogP contribution in [0.5, 0.6) is 5.75 Å². The molecular formula is C25H21F2N3O3S. The molecule has 1 atom stereocenters. The number of rotatable bonds is 6. The number of aliphatic imine (C=N–C) groups is 1. The first-order valence-electron chi connectivity index (χ1n) is 10.4. The Bertz CT molecular complexity index is 1230. The zero-order valence-electron chi connectivity index (χ0n) is 18.2. The first-order chi connectivity index (χ1) is 16.4. The molecule has 1 N–H and O–H groups in total. The molecule has 0 spiro atoms. The normalized spacial score (nSPS) is 17.0. The van der Waals surface area contributed by atoms with E-state index in [9.17, 15) is 18.4 Å². The molecule has 2 amide bonds. The highest BCUT2D eigenvalue weighted by Crippen LogP contribution is 2.32. The maximum atomic E-state index is 14.3. The molecule has 4 rings (SSSR count). The number of carbonyl (C=O) groups excluding carboxylic acids is 2. The summed E-state index contributed by atoms with van der Waals surface area (Å²) in [6, 6.07) is 18.9. The molecule has 1 saturated heterocycles. The van der Waals surface area contributed by atoms with Crippen LogP contribution in [0.25, 0.3) is 0 Å². The highest BCUT2D eigenvalue weighted by molar-refractivity contribution is 8.15. The fourth-order valence-electron chi connectivity index (χ4n) is 3.33. The van der Waals surface area contributed by atoms with E-state index in [4.69, 9.17) is 4.74 Å². The van der Waals surface area contributed by atoms with Crippen molar-refractivity contribution in [3.8, 4) is 5.75 Å². The van der Waals surface area contributed by atoms with E-state index in [1.54, 1.807) is 31.4 Å². The van der Waals surface area contributed by atoms with Crippen molar-refractivity contribution in [1.82, 2.24) is 4.90 Å². The van der Waals surface area contributed by atoms with Crippen molar-refractivity contribution >= 4 is 40.1 Å². The number of anilines is 1. The molecule has 1 aliphatic rings. The van der Waals surface area contributed by atoms with Crippen LogP contribution in [-0.4, -0.2) is 34.2 Å². The van der Waals surface area contributed by atoms with Gasteiger partial charge in [0.1, 0.15) is 28.3 Å². The Kier molecular flexibility index (Phi) is 7.22. The summed E-state index contributed by atoms with van der Waals surface area (Å²) >= 11 is 1.04. The summed E-state index contributed by atoms with van der Waals surface area (Å²) in [6.07, 6.45) is -0.114. The van der Waals surface area contributed by atoms with Crippen LogP contribution in [0, 0.1) is 11.6 Å². The van der Waals surface area contributed by atoms with Crippen LogP contribution in [0.15, 0.2) is 77.8 Å². The second-order valence-electron chi connectivity index (χ2n) is 7.45. The maximum Gasteiger partial charge on any atom is 0.238 e. The van der Waals surface area contributed by atoms with Crippen molar-refractivity contribution < 1.29 is 23.1 Å². The zero-order valence-corrected chi connectivity index (χ0v) is 19.0. The van der Waals surface area contributed by atoms with E-state index in [0.717, 1.165) is 17.3 Å². The monoisotopic (exact) mass is 481 g/mol. The third kappa shape index (κ3) is 5.43. The molecule has 1 fully saturated rings. The van der Waals surface area contributed by atoms with E-state index in [-0.39, 0.29) is 35.4 Å². The second kappa shape index (κ2) is 10.5. The molecule has 6 nitrogen and oxygen atoms in total. The van der Waals surface area contributed by atoms with Gasteiger partial charge in [0, 0.05) is 6.42 Å². The predicted octanol–water partition coefficient (Wildman–Crippen LogP) is 5.13. The number of amidine groups is 1. The van der Waals surface area contributed by atoms with Crippen LogP contribution in [0.2, 0.25) is 0 Å². The molecule has 9 heteroatoms. The van der Waals surface area contributed by atoms with Crippen LogP contribution in [0.3, 0.4) is 0 Å². The van der Waals surface area contributed by atoms with Crippen molar-refractivity contribution in [3.63, 3.8) is 0 Å². The first kappa shape index (κ1) is 23.4. The average Bonchev–Trinajstić information content (AvgIpc) is 2.84. The Morgan fingerprint density at radius 3 is 2.41 bits per heavy atom. The SMILES string of the molecule is COc1ccc(CN2C(=O)CC(C(=O)Nc3ccccc3F)SC2=Nc2ccccc2F)cc1. The van der Waals surface area contributed by atoms with Crippen molar-refractivity contribution in [1.29, 1.82) is 0 Å². The van der Waals surface area contributed by atoms with Gasteiger partial charge in [-0.25, -0.2) is 13.8 Å². The number of benzene rings is 3. The number of ether oxygens (including phenoxy) is 1. The summed E-state index contributed by atoms with van der Waals surface area (Å²) in [4.78, 5) is 31.7. The molecule has 0 aromatic heterocycles. The molecule has 0 aliphatic carbocycles. The smallest absolute Gasteiger partial charge is 0.238 e. The Balaban J connectivity index is 1.61. The molecule has 34 heavy (non-hydrogen) atoms. The van der Waals surface area contributed by atoms with Gasteiger partial charge < -0.3 is 10.1 Å². The van der Waals surface area contributed by atoms with Crippen LogP contribution < -0.4 is 10.1 Å². The zero-order chi connectivity index (χ0) is 24.1. The lowest BCUT2D eigenvalue weighted by Gasteiger charge is -2.32. The first-order valence-corrected chi connectivity index (χ1v) is 11.3. The lowest BCUT2D eigenvalue weighted by molar-refractivity contribution is -0.129. The van der Waals surface area contributed by atoms with Gasteiger partial charge in [0.2, 0.25) is 11.8 Å². The van der Waals surface area contributed by atoms with Crippen molar-refractivity contribution in [2.24, 2.45) is 4.99 Å². The van der Waals surface area contributed by atoms with Gasteiger partial charge >= 0.3 is 0 Å². The molecule has 0 saturated carbocycles. The predicted molar refractivity (Wildman–Crippen MR) is 128 cm³/mol. The molecule has 3 aromatic carbocycles. The molecular weight excluding hydrogens is 460 g/mol. The number of amides is 2. The summed E-state index contributed by atoms with van der Waals surface area (Å²) in [5.41, 5.74) is 0.881. The number of carbonyl (C=O) groups is 2. The minimum atomic E-state index is -0.857. The van der Waals surface area contributed by atoms with Gasteiger partial charge in [0.25, 0.3) is 0 Å². The molecule has 1 heterocycles. The van der Waals surface area contributed by atoms with Crippen LogP contribution in [-0.2, 0) is 16.1 Å². The number of thioether (sulfide) groups is 1. The lowest BCUT2D eigenvalue weighted by atomic mass is 10.2. The Labute approximate surface area is 199 Å². The second-order valence-corrected chi connectivity index (χ2v) is 8.62. The van der Waals surface area contributed by atoms with Gasteiger partial charge in [0.05, 0.1) is 19.3 Å². The van der Waals surface area contributed by atoms with Crippen LogP contribution >= 0.6 is 11.8 Å². The van der Waals surface area contributed by atoms with E-state index < -0.39 is 22.8 Å². The Morgan fingerprint density at radius 2 is 1.74 bits per heavy atom. The Morgan fingerprint density at radius 1 is 1.06 bits per heavy atom. The highest BCUT2D eigenvalue weighted by Gasteiger charge is 2.36. The number of hydrogen-bond acceptors (Lipinski definition) is 5. The summed E-state index contributed by atoms with van der Waals surface area (Å²) < 4.78 is 33.5. The summed E-state index contributed by atoms with van der Waals surface area (Å²) in [5.74, 6) is -1.34. The third-order valence-electron chi connectivity index (χ3n) is 5.13. The third-order valence-corrected chi connectivity index (χ3v) is 6.32. The number of hydrogen-bond donors (Lipinski definition) is 1. The number of nitrogens with one attached hydrogen (secondary N) is 1. The number of methoxy groups -OCH3 is 1. The van der Waals surface area contributed by atoms with Crippen molar-refractivity contribution in [3.05, 3.63) is 90.0 Å². The van der Waals surface area contributed by atoms with Gasteiger partial charge in [-0.2, -0.15) is 0 Å².